The second-order valence-corrected chi connectivity index (χ2v) is 5.11. The van der Waals surface area contributed by atoms with Gasteiger partial charge in [0, 0.05) is 19.0 Å². The highest BCUT2D eigenvalue weighted by Crippen LogP contribution is 2.24. The Bertz CT molecular complexity index is 570. The van der Waals surface area contributed by atoms with Crippen LogP contribution in [0.1, 0.15) is 12.5 Å². The number of ether oxygens (including phenoxy) is 1. The van der Waals surface area contributed by atoms with E-state index in [4.69, 9.17) is 15.1 Å². The zero-order chi connectivity index (χ0) is 15.4. The highest BCUT2D eigenvalue weighted by atomic mass is 16.5. The summed E-state index contributed by atoms with van der Waals surface area (Å²) in [5.74, 6) is -0.887. The lowest BCUT2D eigenvalue weighted by atomic mass is 9.87. The molecule has 1 saturated heterocycles. The van der Waals surface area contributed by atoms with Crippen molar-refractivity contribution in [2.45, 2.75) is 6.92 Å². The molecule has 1 atom stereocenters. The first kappa shape index (κ1) is 14.9. The summed E-state index contributed by atoms with van der Waals surface area (Å²) >= 11 is 0. The molecule has 6 nitrogen and oxygen atoms in total. The summed E-state index contributed by atoms with van der Waals surface area (Å²) in [6.45, 7) is 2.49. The van der Waals surface area contributed by atoms with Crippen molar-refractivity contribution in [3.63, 3.8) is 0 Å². The van der Waals surface area contributed by atoms with Gasteiger partial charge in [0.1, 0.15) is 5.75 Å². The maximum absolute atomic E-state index is 11.9. The minimum absolute atomic E-state index is 0.0152. The number of hydrogen-bond acceptors (Lipinski definition) is 4. The molecule has 1 amide bonds. The molecule has 0 spiro atoms. The number of rotatable bonds is 5. The van der Waals surface area contributed by atoms with Crippen LogP contribution in [-0.4, -0.2) is 41.6 Å². The highest BCUT2D eigenvalue weighted by Gasteiger charge is 2.37. The lowest BCUT2D eigenvalue weighted by Gasteiger charge is -2.41. The van der Waals surface area contributed by atoms with Crippen molar-refractivity contribution < 1.29 is 19.4 Å². The normalized spacial score (nSPS) is 15.7. The van der Waals surface area contributed by atoms with Gasteiger partial charge >= 0.3 is 5.97 Å². The van der Waals surface area contributed by atoms with Crippen molar-refractivity contribution >= 4 is 11.9 Å². The van der Waals surface area contributed by atoms with Crippen LogP contribution in [0.25, 0.3) is 0 Å². The summed E-state index contributed by atoms with van der Waals surface area (Å²) in [6, 6.07) is 8.51. The Morgan fingerprint density at radius 3 is 2.57 bits per heavy atom. The van der Waals surface area contributed by atoms with Crippen molar-refractivity contribution in [1.82, 2.24) is 4.90 Å². The summed E-state index contributed by atoms with van der Waals surface area (Å²) in [5.41, 5.74) is 0.530. The molecule has 1 fully saturated rings. The van der Waals surface area contributed by atoms with E-state index in [2.05, 4.69) is 0 Å². The molecule has 1 aliphatic rings. The summed E-state index contributed by atoms with van der Waals surface area (Å²) in [5, 5.41) is 17.6. The third-order valence-corrected chi connectivity index (χ3v) is 3.70. The topological polar surface area (TPSA) is 90.6 Å². The van der Waals surface area contributed by atoms with Crippen LogP contribution >= 0.6 is 0 Å². The van der Waals surface area contributed by atoms with E-state index in [0.29, 0.717) is 24.4 Å². The van der Waals surface area contributed by atoms with Crippen molar-refractivity contribution in [3.8, 4) is 11.8 Å². The molecule has 0 aliphatic carbocycles. The third kappa shape index (κ3) is 3.51. The van der Waals surface area contributed by atoms with E-state index in [1.807, 2.05) is 6.07 Å². The van der Waals surface area contributed by atoms with Crippen LogP contribution in [0.15, 0.2) is 24.3 Å². The number of nitrogens with zero attached hydrogens (tertiary/aromatic N) is 2. The second-order valence-electron chi connectivity index (χ2n) is 5.11. The molecule has 1 heterocycles. The Morgan fingerprint density at radius 1 is 1.43 bits per heavy atom. The summed E-state index contributed by atoms with van der Waals surface area (Å²) in [7, 11) is 0. The van der Waals surface area contributed by atoms with E-state index < -0.39 is 11.9 Å². The Morgan fingerprint density at radius 2 is 2.05 bits per heavy atom. The SMILES string of the molecule is CC(C(=O)O)C1CN(C(=O)COc2ccc(C#N)cc2)C1. The van der Waals surface area contributed by atoms with Crippen molar-refractivity contribution in [2.75, 3.05) is 19.7 Å². The quantitative estimate of drug-likeness (QED) is 0.876. The molecule has 1 unspecified atom stereocenters. The van der Waals surface area contributed by atoms with Crippen LogP contribution in [0, 0.1) is 23.2 Å². The molecule has 1 aromatic rings. The molecule has 1 aromatic carbocycles. The number of nitriles is 1. The predicted molar refractivity (Wildman–Crippen MR) is 73.5 cm³/mol. The number of aliphatic carboxylic acids is 1. The molecule has 110 valence electrons. The van der Waals surface area contributed by atoms with E-state index in [9.17, 15) is 9.59 Å². The lowest BCUT2D eigenvalue weighted by Crippen LogP contribution is -2.54. The first-order chi connectivity index (χ1) is 10.0. The number of benzene rings is 1. The van der Waals surface area contributed by atoms with Gasteiger partial charge in [-0.25, -0.2) is 0 Å². The van der Waals surface area contributed by atoms with E-state index in [0.717, 1.165) is 0 Å². The largest absolute Gasteiger partial charge is 0.484 e. The van der Waals surface area contributed by atoms with Crippen LogP contribution in [0.3, 0.4) is 0 Å². The summed E-state index contributed by atoms with van der Waals surface area (Å²) in [6.07, 6.45) is 0. The number of carbonyl (C=O) groups excluding carboxylic acids is 1. The molecule has 6 heteroatoms. The van der Waals surface area contributed by atoms with Crippen LogP contribution in [0.2, 0.25) is 0 Å². The predicted octanol–water partition coefficient (Wildman–Crippen LogP) is 1.12. The Labute approximate surface area is 122 Å². The van der Waals surface area contributed by atoms with E-state index in [1.54, 1.807) is 36.1 Å². The van der Waals surface area contributed by atoms with Gasteiger partial charge in [-0.2, -0.15) is 5.26 Å². The third-order valence-electron chi connectivity index (χ3n) is 3.70. The fourth-order valence-corrected chi connectivity index (χ4v) is 2.10. The molecule has 0 radical (unpaired) electrons. The van der Waals surface area contributed by atoms with E-state index >= 15 is 0 Å². The molecule has 0 saturated carbocycles. The number of hydrogen-bond donors (Lipinski definition) is 1. The molecular weight excluding hydrogens is 272 g/mol. The van der Waals surface area contributed by atoms with Crippen LogP contribution in [-0.2, 0) is 9.59 Å². The maximum atomic E-state index is 11.9. The first-order valence-electron chi connectivity index (χ1n) is 6.65. The number of likely N-dealkylation sites (tertiary alicyclic amines) is 1. The molecule has 21 heavy (non-hydrogen) atoms. The number of carboxylic acids is 1. The zero-order valence-electron chi connectivity index (χ0n) is 11.7. The van der Waals surface area contributed by atoms with E-state index in [1.165, 1.54) is 0 Å². The average Bonchev–Trinajstić information content (AvgIpc) is 2.43. The lowest BCUT2D eigenvalue weighted by molar-refractivity contribution is -0.151. The fourth-order valence-electron chi connectivity index (χ4n) is 2.10. The minimum atomic E-state index is -0.832. The van der Waals surface area contributed by atoms with Gasteiger partial charge in [-0.05, 0) is 24.3 Å². The Hall–Kier alpha value is -2.55. The van der Waals surface area contributed by atoms with Crippen LogP contribution in [0.5, 0.6) is 5.75 Å². The zero-order valence-corrected chi connectivity index (χ0v) is 11.7. The highest BCUT2D eigenvalue weighted by molar-refractivity contribution is 5.79. The standard InChI is InChI=1S/C15H16N2O4/c1-10(15(19)20)12-7-17(8-12)14(18)9-21-13-4-2-11(6-16)3-5-13/h2-5,10,12H,7-9H2,1H3,(H,19,20). The van der Waals surface area contributed by atoms with Crippen molar-refractivity contribution in [1.29, 1.82) is 5.26 Å². The van der Waals surface area contributed by atoms with Gasteiger partial charge in [-0.3, -0.25) is 9.59 Å². The van der Waals surface area contributed by atoms with Crippen molar-refractivity contribution in [2.24, 2.45) is 11.8 Å². The van der Waals surface area contributed by atoms with Gasteiger partial charge in [-0.15, -0.1) is 0 Å². The van der Waals surface area contributed by atoms with Crippen molar-refractivity contribution in [3.05, 3.63) is 29.8 Å². The van der Waals surface area contributed by atoms with Gasteiger partial charge in [0.05, 0.1) is 17.6 Å². The molecule has 1 aliphatic heterocycles. The fraction of sp³-hybridized carbons (Fsp3) is 0.400. The Balaban J connectivity index is 1.76. The van der Waals surface area contributed by atoms with Crippen LogP contribution in [0.4, 0.5) is 0 Å². The first-order valence-corrected chi connectivity index (χ1v) is 6.65. The Kier molecular flexibility index (Phi) is 4.43. The maximum Gasteiger partial charge on any atom is 0.306 e. The second kappa shape index (κ2) is 6.27. The minimum Gasteiger partial charge on any atom is -0.484 e. The molecule has 1 N–H and O–H groups in total. The monoisotopic (exact) mass is 288 g/mol. The van der Waals surface area contributed by atoms with Crippen LogP contribution < -0.4 is 4.74 Å². The smallest absolute Gasteiger partial charge is 0.306 e. The average molecular weight is 288 g/mol. The van der Waals surface area contributed by atoms with E-state index in [-0.39, 0.29) is 18.4 Å². The van der Waals surface area contributed by atoms with Gasteiger partial charge in [0.2, 0.25) is 0 Å². The summed E-state index contributed by atoms with van der Waals surface area (Å²) in [4.78, 5) is 24.3. The number of carbonyl (C=O) groups is 2. The van der Waals surface area contributed by atoms with Gasteiger partial charge in [0.25, 0.3) is 5.91 Å². The molecule has 0 bridgehead atoms. The molecule has 2 rings (SSSR count). The van der Waals surface area contributed by atoms with Gasteiger partial charge < -0.3 is 14.7 Å². The number of amides is 1. The van der Waals surface area contributed by atoms with Gasteiger partial charge in [0.15, 0.2) is 6.61 Å². The van der Waals surface area contributed by atoms with Gasteiger partial charge in [-0.1, -0.05) is 6.92 Å². The summed E-state index contributed by atoms with van der Waals surface area (Å²) < 4.78 is 5.35. The molecular formula is C15H16N2O4. The molecule has 0 aromatic heterocycles. The number of carboxylic acid groups (broad SMARTS) is 1.